The average molecular weight is 713 g/mol. The van der Waals surface area contributed by atoms with Crippen molar-refractivity contribution < 1.29 is 0 Å². The van der Waals surface area contributed by atoms with Crippen LogP contribution in [0.5, 0.6) is 0 Å². The van der Waals surface area contributed by atoms with Crippen LogP contribution in [0.4, 0.5) is 34.1 Å². The van der Waals surface area contributed by atoms with Gasteiger partial charge < -0.3 is 9.80 Å². The van der Waals surface area contributed by atoms with Crippen LogP contribution in [-0.2, 0) is 0 Å². The molecule has 0 radical (unpaired) electrons. The lowest BCUT2D eigenvalue weighted by atomic mass is 9.94. The van der Waals surface area contributed by atoms with E-state index in [1.807, 2.05) is 0 Å². The summed E-state index contributed by atoms with van der Waals surface area (Å²) in [6.07, 6.45) is 0. The Bertz CT molecular complexity index is 2970. The molecule has 11 rings (SSSR count). The van der Waals surface area contributed by atoms with E-state index in [9.17, 15) is 0 Å². The second-order valence-electron chi connectivity index (χ2n) is 14.5. The van der Waals surface area contributed by atoms with E-state index in [-0.39, 0.29) is 0 Å². The first-order valence-corrected chi connectivity index (χ1v) is 19.3. The molecule has 0 saturated carbocycles. The van der Waals surface area contributed by atoms with Crippen molar-refractivity contribution >= 4 is 98.8 Å². The monoisotopic (exact) mass is 712 g/mol. The van der Waals surface area contributed by atoms with Gasteiger partial charge in [0.05, 0.1) is 0 Å². The van der Waals surface area contributed by atoms with Gasteiger partial charge in [0.1, 0.15) is 0 Å². The maximum Gasteiger partial charge on any atom is 0.0482 e. The predicted molar refractivity (Wildman–Crippen MR) is 241 cm³/mol. The van der Waals surface area contributed by atoms with Gasteiger partial charge in [-0.3, -0.25) is 0 Å². The Balaban J connectivity index is 1.12. The zero-order valence-corrected chi connectivity index (χ0v) is 30.7. The standard InChI is InChI=1S/C54H36N2/c1-3-16-37(17-4-1)55(41-30-32-51-47-26-9-7-22-43(47)45-24-11-13-28-49(45)53(51)35-41)39-20-15-21-40(34-39)56(38-18-5-2-6-19-38)42-31-33-52-48-27-10-8-23-44(48)46-25-12-14-29-50(46)54(52)36-42/h1-36H. The summed E-state index contributed by atoms with van der Waals surface area (Å²) in [5, 5.41) is 15.2. The molecule has 0 aromatic heterocycles. The summed E-state index contributed by atoms with van der Waals surface area (Å²) < 4.78 is 0. The molecule has 56 heavy (non-hydrogen) atoms. The van der Waals surface area contributed by atoms with Crippen LogP contribution >= 0.6 is 0 Å². The molecule has 0 saturated heterocycles. The maximum absolute atomic E-state index is 2.39. The van der Waals surface area contributed by atoms with E-state index in [1.54, 1.807) is 0 Å². The summed E-state index contributed by atoms with van der Waals surface area (Å²) in [5.74, 6) is 0. The molecule has 0 N–H and O–H groups in total. The van der Waals surface area contributed by atoms with Crippen molar-refractivity contribution in [2.24, 2.45) is 0 Å². The lowest BCUT2D eigenvalue weighted by Crippen LogP contribution is -2.13. The third kappa shape index (κ3) is 5.19. The highest BCUT2D eigenvalue weighted by Gasteiger charge is 2.19. The third-order valence-corrected chi connectivity index (χ3v) is 11.3. The van der Waals surface area contributed by atoms with Gasteiger partial charge in [0.15, 0.2) is 0 Å². The minimum absolute atomic E-state index is 1.08. The lowest BCUT2D eigenvalue weighted by Gasteiger charge is -2.30. The zero-order valence-electron chi connectivity index (χ0n) is 30.7. The Morgan fingerprint density at radius 3 is 0.750 bits per heavy atom. The minimum atomic E-state index is 1.08. The van der Waals surface area contributed by atoms with Gasteiger partial charge in [0, 0.05) is 34.1 Å². The number of hydrogen-bond acceptors (Lipinski definition) is 2. The average Bonchev–Trinajstić information content (AvgIpc) is 3.28. The normalized spacial score (nSPS) is 11.6. The second kappa shape index (κ2) is 13.2. The molecular weight excluding hydrogens is 677 g/mol. The van der Waals surface area contributed by atoms with Crippen LogP contribution in [0.2, 0.25) is 0 Å². The molecule has 0 aliphatic carbocycles. The van der Waals surface area contributed by atoms with Crippen molar-refractivity contribution in [2.75, 3.05) is 9.80 Å². The number of hydrogen-bond donors (Lipinski definition) is 0. The Labute approximate surface area is 325 Å². The van der Waals surface area contributed by atoms with Gasteiger partial charge in [0.25, 0.3) is 0 Å². The van der Waals surface area contributed by atoms with Crippen molar-refractivity contribution in [1.29, 1.82) is 0 Å². The molecule has 0 aliphatic rings. The van der Waals surface area contributed by atoms with Crippen LogP contribution in [0.1, 0.15) is 0 Å². The van der Waals surface area contributed by atoms with Crippen LogP contribution in [0.3, 0.4) is 0 Å². The molecule has 0 atom stereocenters. The molecule has 262 valence electrons. The quantitative estimate of drug-likeness (QED) is 0.158. The zero-order chi connectivity index (χ0) is 37.0. The lowest BCUT2D eigenvalue weighted by molar-refractivity contribution is 1.25. The van der Waals surface area contributed by atoms with Crippen LogP contribution < -0.4 is 9.80 Å². The fourth-order valence-electron chi connectivity index (χ4n) is 8.89. The molecule has 0 unspecified atom stereocenters. The number of para-hydroxylation sites is 2. The number of nitrogens with zero attached hydrogens (tertiary/aromatic N) is 2. The molecule has 0 heterocycles. The smallest absolute Gasteiger partial charge is 0.0482 e. The van der Waals surface area contributed by atoms with Crippen molar-refractivity contribution in [3.05, 3.63) is 218 Å². The molecule has 2 heteroatoms. The van der Waals surface area contributed by atoms with Gasteiger partial charge in [-0.2, -0.15) is 0 Å². The molecule has 0 aliphatic heterocycles. The van der Waals surface area contributed by atoms with Gasteiger partial charge in [-0.05, 0) is 131 Å². The van der Waals surface area contributed by atoms with E-state index in [0.717, 1.165) is 34.1 Å². The van der Waals surface area contributed by atoms with E-state index in [4.69, 9.17) is 0 Å². The Kier molecular flexibility index (Phi) is 7.53. The molecular formula is C54H36N2. The van der Waals surface area contributed by atoms with Crippen molar-refractivity contribution in [2.45, 2.75) is 0 Å². The van der Waals surface area contributed by atoms with Gasteiger partial charge >= 0.3 is 0 Å². The van der Waals surface area contributed by atoms with Crippen molar-refractivity contribution in [3.8, 4) is 0 Å². The summed E-state index contributed by atoms with van der Waals surface area (Å²) in [4.78, 5) is 4.77. The fourth-order valence-corrected chi connectivity index (χ4v) is 8.89. The van der Waals surface area contributed by atoms with Crippen molar-refractivity contribution in [1.82, 2.24) is 0 Å². The molecule has 11 aromatic carbocycles. The molecule has 2 nitrogen and oxygen atoms in total. The largest absolute Gasteiger partial charge is 0.310 e. The summed E-state index contributed by atoms with van der Waals surface area (Å²) >= 11 is 0. The van der Waals surface area contributed by atoms with Crippen LogP contribution in [0.15, 0.2) is 218 Å². The van der Waals surface area contributed by atoms with E-state index in [0.29, 0.717) is 0 Å². The fraction of sp³-hybridized carbons (Fsp3) is 0. The first kappa shape index (κ1) is 32.0. The predicted octanol–water partition coefficient (Wildman–Crippen LogP) is 15.5. The van der Waals surface area contributed by atoms with Crippen LogP contribution in [0.25, 0.3) is 64.6 Å². The maximum atomic E-state index is 2.39. The Morgan fingerprint density at radius 2 is 0.411 bits per heavy atom. The van der Waals surface area contributed by atoms with E-state index < -0.39 is 0 Å². The first-order chi connectivity index (χ1) is 27.8. The second-order valence-corrected chi connectivity index (χ2v) is 14.5. The Morgan fingerprint density at radius 1 is 0.161 bits per heavy atom. The van der Waals surface area contributed by atoms with Crippen LogP contribution in [0, 0.1) is 0 Å². The first-order valence-electron chi connectivity index (χ1n) is 19.3. The van der Waals surface area contributed by atoms with E-state index in [1.165, 1.54) is 64.6 Å². The molecule has 0 fully saturated rings. The number of benzene rings is 11. The number of anilines is 6. The minimum Gasteiger partial charge on any atom is -0.310 e. The summed E-state index contributed by atoms with van der Waals surface area (Å²) in [7, 11) is 0. The topological polar surface area (TPSA) is 6.48 Å². The highest BCUT2D eigenvalue weighted by Crippen LogP contribution is 2.44. The van der Waals surface area contributed by atoms with Crippen LogP contribution in [-0.4, -0.2) is 0 Å². The molecule has 0 amide bonds. The summed E-state index contributed by atoms with van der Waals surface area (Å²) in [6.45, 7) is 0. The van der Waals surface area contributed by atoms with Gasteiger partial charge in [-0.25, -0.2) is 0 Å². The summed E-state index contributed by atoms with van der Waals surface area (Å²) in [6, 6.07) is 79.5. The third-order valence-electron chi connectivity index (χ3n) is 11.3. The molecule has 11 aromatic rings. The highest BCUT2D eigenvalue weighted by molar-refractivity contribution is 6.27. The SMILES string of the molecule is c1ccc(N(c2cccc(N(c3ccccc3)c3ccc4c5ccccc5c5ccccc5c4c3)c2)c2ccc3c4ccccc4c4ccccc4c3c2)cc1. The van der Waals surface area contributed by atoms with Gasteiger partial charge in [-0.15, -0.1) is 0 Å². The van der Waals surface area contributed by atoms with Gasteiger partial charge in [-0.1, -0.05) is 152 Å². The van der Waals surface area contributed by atoms with E-state index in [2.05, 4.69) is 228 Å². The molecule has 0 bridgehead atoms. The number of rotatable bonds is 6. The Hall–Kier alpha value is -7.42. The summed E-state index contributed by atoms with van der Waals surface area (Å²) in [5.41, 5.74) is 6.58. The highest BCUT2D eigenvalue weighted by atomic mass is 15.2. The number of fused-ring (bicyclic) bond motifs is 12. The van der Waals surface area contributed by atoms with Gasteiger partial charge in [0.2, 0.25) is 0 Å². The molecule has 0 spiro atoms. The van der Waals surface area contributed by atoms with E-state index >= 15 is 0 Å². The van der Waals surface area contributed by atoms with Crippen molar-refractivity contribution in [3.63, 3.8) is 0 Å².